The minimum absolute atomic E-state index is 0.223. The molecule has 7 heteroatoms. The van der Waals surface area contributed by atoms with Crippen molar-refractivity contribution in [2.45, 2.75) is 13.8 Å². The van der Waals surface area contributed by atoms with Crippen LogP contribution in [0.3, 0.4) is 0 Å². The summed E-state index contributed by atoms with van der Waals surface area (Å²) in [6.45, 7) is 3.21. The fourth-order valence-corrected chi connectivity index (χ4v) is 2.23. The zero-order chi connectivity index (χ0) is 16.3. The van der Waals surface area contributed by atoms with Gasteiger partial charge < -0.3 is 20.1 Å². The van der Waals surface area contributed by atoms with Gasteiger partial charge in [0.05, 0.1) is 10.6 Å². The smallest absolute Gasteiger partial charge is 0.341 e. The van der Waals surface area contributed by atoms with Gasteiger partial charge in [-0.1, -0.05) is 11.6 Å². The summed E-state index contributed by atoms with van der Waals surface area (Å²) in [4.78, 5) is 25.7. The van der Waals surface area contributed by atoms with Gasteiger partial charge in [-0.25, -0.2) is 4.79 Å². The van der Waals surface area contributed by atoms with E-state index in [0.29, 0.717) is 11.3 Å². The van der Waals surface area contributed by atoms with E-state index in [4.69, 9.17) is 21.4 Å². The molecule has 0 unspecified atom stereocenters. The third-order valence-electron chi connectivity index (χ3n) is 2.94. The highest BCUT2D eigenvalue weighted by atomic mass is 35.5. The average Bonchev–Trinajstić information content (AvgIpc) is 2.76. The molecule has 1 aromatic carbocycles. The van der Waals surface area contributed by atoms with E-state index >= 15 is 0 Å². The van der Waals surface area contributed by atoms with Crippen LogP contribution in [0.2, 0.25) is 5.02 Å². The number of nitrogens with one attached hydrogen (secondary N) is 2. The van der Waals surface area contributed by atoms with Crippen LogP contribution >= 0.6 is 11.6 Å². The van der Waals surface area contributed by atoms with E-state index in [1.807, 2.05) is 13.8 Å². The van der Waals surface area contributed by atoms with Crippen LogP contribution < -0.4 is 10.1 Å². The first kappa shape index (κ1) is 15.9. The molecule has 0 atom stereocenters. The van der Waals surface area contributed by atoms with Crippen molar-refractivity contribution >= 4 is 29.2 Å². The number of hydrogen-bond donors (Lipinski definition) is 3. The molecule has 1 heterocycles. The molecule has 1 aromatic heterocycles. The summed E-state index contributed by atoms with van der Waals surface area (Å²) in [5.74, 6) is -1.10. The Morgan fingerprint density at radius 3 is 2.59 bits per heavy atom. The van der Waals surface area contributed by atoms with Crippen LogP contribution in [0.4, 0.5) is 5.69 Å². The summed E-state index contributed by atoms with van der Waals surface area (Å²) in [5.41, 5.74) is 2.73. The fourth-order valence-electron chi connectivity index (χ4n) is 1.99. The molecule has 0 aliphatic heterocycles. The number of carboxylic acid groups (broad SMARTS) is 1. The van der Waals surface area contributed by atoms with Gasteiger partial charge in [0.2, 0.25) is 0 Å². The van der Waals surface area contributed by atoms with Crippen LogP contribution in [0.15, 0.2) is 24.3 Å². The Morgan fingerprint density at radius 2 is 2.05 bits per heavy atom. The molecule has 22 heavy (non-hydrogen) atoms. The summed E-state index contributed by atoms with van der Waals surface area (Å²) in [5, 5.41) is 11.5. The molecule has 0 saturated carbocycles. The highest BCUT2D eigenvalue weighted by Crippen LogP contribution is 2.28. The van der Waals surface area contributed by atoms with Crippen molar-refractivity contribution < 1.29 is 19.4 Å². The quantitative estimate of drug-likeness (QED) is 0.789. The van der Waals surface area contributed by atoms with Crippen molar-refractivity contribution in [3.8, 4) is 5.75 Å². The van der Waals surface area contributed by atoms with Gasteiger partial charge in [0, 0.05) is 17.1 Å². The van der Waals surface area contributed by atoms with Gasteiger partial charge in [-0.15, -0.1) is 0 Å². The number of aromatic amines is 1. The average molecular weight is 323 g/mol. The van der Waals surface area contributed by atoms with E-state index in [1.54, 1.807) is 12.1 Å². The SMILES string of the molecule is Cc1cc(C(=O)Nc2ccc(OCC(=O)O)c(Cl)c2)c(C)[nH]1. The Morgan fingerprint density at radius 1 is 1.32 bits per heavy atom. The third-order valence-corrected chi connectivity index (χ3v) is 3.23. The lowest BCUT2D eigenvalue weighted by Gasteiger charge is -2.09. The number of rotatable bonds is 5. The summed E-state index contributed by atoms with van der Waals surface area (Å²) in [7, 11) is 0. The Labute approximate surface area is 132 Å². The Kier molecular flexibility index (Phi) is 4.72. The van der Waals surface area contributed by atoms with Gasteiger partial charge in [-0.3, -0.25) is 4.79 Å². The van der Waals surface area contributed by atoms with Crippen molar-refractivity contribution in [1.29, 1.82) is 0 Å². The number of carbonyl (C=O) groups excluding carboxylic acids is 1. The number of hydrogen-bond acceptors (Lipinski definition) is 3. The molecule has 0 fully saturated rings. The minimum Gasteiger partial charge on any atom is -0.480 e. The Bertz CT molecular complexity index is 724. The second-order valence-corrected chi connectivity index (χ2v) is 5.18. The summed E-state index contributed by atoms with van der Waals surface area (Å²) in [6, 6.07) is 6.37. The number of aromatic nitrogens is 1. The first-order chi connectivity index (χ1) is 10.4. The molecule has 2 aromatic rings. The number of aliphatic carboxylic acids is 1. The van der Waals surface area contributed by atoms with Gasteiger partial charge in [0.25, 0.3) is 5.91 Å². The predicted molar refractivity (Wildman–Crippen MR) is 82.8 cm³/mol. The second kappa shape index (κ2) is 6.53. The molecular formula is C15H15ClN2O4. The van der Waals surface area contributed by atoms with E-state index in [-0.39, 0.29) is 16.7 Å². The first-order valence-corrected chi connectivity index (χ1v) is 6.86. The molecule has 116 valence electrons. The lowest BCUT2D eigenvalue weighted by Crippen LogP contribution is -2.13. The number of benzene rings is 1. The van der Waals surface area contributed by atoms with Crippen molar-refractivity contribution in [3.05, 3.63) is 46.2 Å². The highest BCUT2D eigenvalue weighted by Gasteiger charge is 2.13. The largest absolute Gasteiger partial charge is 0.480 e. The predicted octanol–water partition coefficient (Wildman–Crippen LogP) is 3.00. The molecule has 6 nitrogen and oxygen atoms in total. The zero-order valence-corrected chi connectivity index (χ0v) is 12.8. The van der Waals surface area contributed by atoms with E-state index in [1.165, 1.54) is 12.1 Å². The normalized spacial score (nSPS) is 10.3. The lowest BCUT2D eigenvalue weighted by atomic mass is 10.2. The third kappa shape index (κ3) is 3.79. The number of H-pyrrole nitrogens is 1. The number of carbonyl (C=O) groups is 2. The second-order valence-electron chi connectivity index (χ2n) is 4.77. The Hall–Kier alpha value is -2.47. The van der Waals surface area contributed by atoms with Gasteiger partial charge in [-0.05, 0) is 38.1 Å². The molecule has 0 bridgehead atoms. The summed E-state index contributed by atoms with van der Waals surface area (Å²) in [6.07, 6.45) is 0. The molecule has 0 saturated heterocycles. The summed E-state index contributed by atoms with van der Waals surface area (Å²) >= 11 is 6.00. The van der Waals surface area contributed by atoms with E-state index < -0.39 is 12.6 Å². The van der Waals surface area contributed by atoms with Crippen LogP contribution in [0.25, 0.3) is 0 Å². The van der Waals surface area contributed by atoms with Crippen molar-refractivity contribution in [1.82, 2.24) is 4.98 Å². The standard InChI is InChI=1S/C15H15ClN2O4/c1-8-5-11(9(2)17-8)15(21)18-10-3-4-13(12(16)6-10)22-7-14(19)20/h3-6,17H,7H2,1-2H3,(H,18,21)(H,19,20). The molecule has 0 aliphatic carbocycles. The molecule has 3 N–H and O–H groups in total. The van der Waals surface area contributed by atoms with Crippen molar-refractivity contribution in [3.63, 3.8) is 0 Å². The molecule has 0 radical (unpaired) electrons. The van der Waals surface area contributed by atoms with E-state index in [0.717, 1.165) is 11.4 Å². The molecule has 0 spiro atoms. The molecule has 0 aliphatic rings. The Balaban J connectivity index is 2.10. The summed E-state index contributed by atoms with van der Waals surface area (Å²) < 4.78 is 5.02. The van der Waals surface area contributed by atoms with Crippen LogP contribution in [-0.4, -0.2) is 28.6 Å². The fraction of sp³-hybridized carbons (Fsp3) is 0.200. The van der Waals surface area contributed by atoms with Crippen molar-refractivity contribution in [2.75, 3.05) is 11.9 Å². The van der Waals surface area contributed by atoms with Crippen molar-refractivity contribution in [2.24, 2.45) is 0 Å². The van der Waals surface area contributed by atoms with Gasteiger partial charge in [-0.2, -0.15) is 0 Å². The number of aryl methyl sites for hydroxylation is 2. The topological polar surface area (TPSA) is 91.4 Å². The number of amides is 1. The number of ether oxygens (including phenoxy) is 1. The van der Waals surface area contributed by atoms with E-state index in [2.05, 4.69) is 10.3 Å². The zero-order valence-electron chi connectivity index (χ0n) is 12.1. The number of carboxylic acids is 1. The van der Waals surface area contributed by atoms with Crippen LogP contribution in [0, 0.1) is 13.8 Å². The molecule has 1 amide bonds. The highest BCUT2D eigenvalue weighted by molar-refractivity contribution is 6.32. The van der Waals surface area contributed by atoms with Gasteiger partial charge in [0.1, 0.15) is 5.75 Å². The van der Waals surface area contributed by atoms with Gasteiger partial charge >= 0.3 is 5.97 Å². The van der Waals surface area contributed by atoms with Gasteiger partial charge in [0.15, 0.2) is 6.61 Å². The van der Waals surface area contributed by atoms with Crippen LogP contribution in [0.5, 0.6) is 5.75 Å². The monoisotopic (exact) mass is 322 g/mol. The number of halogens is 1. The lowest BCUT2D eigenvalue weighted by molar-refractivity contribution is -0.139. The van der Waals surface area contributed by atoms with E-state index in [9.17, 15) is 9.59 Å². The van der Waals surface area contributed by atoms with Crippen LogP contribution in [0.1, 0.15) is 21.7 Å². The molecule has 2 rings (SSSR count). The first-order valence-electron chi connectivity index (χ1n) is 6.48. The maximum absolute atomic E-state index is 12.2. The van der Waals surface area contributed by atoms with Crippen LogP contribution in [-0.2, 0) is 4.79 Å². The maximum Gasteiger partial charge on any atom is 0.341 e. The maximum atomic E-state index is 12.2. The minimum atomic E-state index is -1.09. The molecular weight excluding hydrogens is 308 g/mol. The number of anilines is 1.